The van der Waals surface area contributed by atoms with Crippen LogP contribution in [0.2, 0.25) is 0 Å². The molecular weight excluding hydrogens is 292 g/mol. The summed E-state index contributed by atoms with van der Waals surface area (Å²) in [5, 5.41) is 14.8. The molecule has 3 N–H and O–H groups in total. The van der Waals surface area contributed by atoms with Gasteiger partial charge in [0, 0.05) is 11.5 Å². The van der Waals surface area contributed by atoms with Crippen LogP contribution in [0.25, 0.3) is 0 Å². The highest BCUT2D eigenvalue weighted by Crippen LogP contribution is 2.19. The predicted octanol–water partition coefficient (Wildman–Crippen LogP) is 2.26. The Bertz CT molecular complexity index is 550. The van der Waals surface area contributed by atoms with E-state index in [0.29, 0.717) is 0 Å². The average Bonchev–Trinajstić information content (AvgIpc) is 2.99. The summed E-state index contributed by atoms with van der Waals surface area (Å²) in [5.74, 6) is 1.73. The number of nitrogens with two attached hydrogens (primary N) is 1. The van der Waals surface area contributed by atoms with E-state index < -0.39 is 0 Å². The van der Waals surface area contributed by atoms with Crippen LogP contribution in [0, 0.1) is 0 Å². The van der Waals surface area contributed by atoms with Gasteiger partial charge in [-0.05, 0) is 11.1 Å². The maximum absolute atomic E-state index is 5.07. The molecule has 8 heteroatoms. The molecule has 0 saturated carbocycles. The van der Waals surface area contributed by atoms with E-state index in [-0.39, 0.29) is 0 Å². The number of nitrogens with zero attached hydrogens (tertiary/aromatic N) is 4. The zero-order valence-electron chi connectivity index (χ0n) is 10.6. The summed E-state index contributed by atoms with van der Waals surface area (Å²) in [6.45, 7) is 0. The van der Waals surface area contributed by atoms with Crippen LogP contribution in [-0.4, -0.2) is 27.1 Å². The molecule has 1 heterocycles. The second kappa shape index (κ2) is 8.39. The average molecular weight is 306 g/mol. The number of aromatic nitrogens is 3. The van der Waals surface area contributed by atoms with E-state index in [0.717, 1.165) is 23.0 Å². The zero-order chi connectivity index (χ0) is 14.0. The van der Waals surface area contributed by atoms with Gasteiger partial charge >= 0.3 is 0 Å². The van der Waals surface area contributed by atoms with Crippen LogP contribution >= 0.6 is 23.5 Å². The van der Waals surface area contributed by atoms with Crippen molar-refractivity contribution in [1.29, 1.82) is 0 Å². The standard InChI is InChI=1S/C12H14N6S2/c13-7-15-17-9-19-5-10-1-3-11(4-2-10)6-20-12-14-8-16-18-12/h1-4,7-9H,5-6H2,(H2,13,15)(H,14,16,18)/b17-9+. The van der Waals surface area contributed by atoms with Crippen molar-refractivity contribution in [2.24, 2.45) is 15.9 Å². The lowest BCUT2D eigenvalue weighted by Gasteiger charge is -2.01. The van der Waals surface area contributed by atoms with Crippen molar-refractivity contribution < 1.29 is 0 Å². The molecule has 0 atom stereocenters. The molecule has 0 aliphatic rings. The van der Waals surface area contributed by atoms with E-state index in [1.54, 1.807) is 29.1 Å². The summed E-state index contributed by atoms with van der Waals surface area (Å²) in [6.07, 6.45) is 2.68. The van der Waals surface area contributed by atoms with Gasteiger partial charge in [0.15, 0.2) is 5.16 Å². The Morgan fingerprint density at radius 2 is 1.90 bits per heavy atom. The van der Waals surface area contributed by atoms with Crippen LogP contribution in [0.15, 0.2) is 46.0 Å². The Kier molecular flexibility index (Phi) is 6.12. The number of thioether (sulfide) groups is 2. The molecule has 0 spiro atoms. The van der Waals surface area contributed by atoms with Gasteiger partial charge in [-0.25, -0.2) is 4.98 Å². The molecule has 2 rings (SSSR count). The van der Waals surface area contributed by atoms with Gasteiger partial charge in [-0.15, -0.1) is 16.9 Å². The molecule has 20 heavy (non-hydrogen) atoms. The van der Waals surface area contributed by atoms with Crippen molar-refractivity contribution in [3.63, 3.8) is 0 Å². The number of hydrogen-bond donors (Lipinski definition) is 2. The highest BCUT2D eigenvalue weighted by molar-refractivity contribution is 8.11. The SMILES string of the molecule is NC=N/N=C/SCc1ccc(CSc2ncn[nH]2)cc1. The van der Waals surface area contributed by atoms with E-state index in [9.17, 15) is 0 Å². The van der Waals surface area contributed by atoms with Gasteiger partial charge in [0.2, 0.25) is 0 Å². The lowest BCUT2D eigenvalue weighted by molar-refractivity contribution is 0.973. The molecule has 0 radical (unpaired) electrons. The number of benzene rings is 1. The number of aromatic amines is 1. The van der Waals surface area contributed by atoms with E-state index >= 15 is 0 Å². The Morgan fingerprint density at radius 1 is 1.15 bits per heavy atom. The smallest absolute Gasteiger partial charge is 0.183 e. The van der Waals surface area contributed by atoms with E-state index in [1.165, 1.54) is 17.5 Å². The molecule has 1 aromatic heterocycles. The van der Waals surface area contributed by atoms with Crippen LogP contribution in [0.1, 0.15) is 11.1 Å². The third-order valence-corrected chi connectivity index (χ3v) is 3.99. The van der Waals surface area contributed by atoms with Crippen LogP contribution in [0.3, 0.4) is 0 Å². The highest BCUT2D eigenvalue weighted by Gasteiger charge is 1.99. The zero-order valence-corrected chi connectivity index (χ0v) is 12.3. The molecule has 0 bridgehead atoms. The Morgan fingerprint density at radius 3 is 2.55 bits per heavy atom. The van der Waals surface area contributed by atoms with Gasteiger partial charge in [0.25, 0.3) is 0 Å². The van der Waals surface area contributed by atoms with Crippen LogP contribution in [-0.2, 0) is 11.5 Å². The minimum atomic E-state index is 0.835. The lowest BCUT2D eigenvalue weighted by Crippen LogP contribution is -1.86. The first kappa shape index (κ1) is 14.6. The Hall–Kier alpha value is -1.80. The molecule has 0 fully saturated rings. The molecule has 2 aromatic rings. The Balaban J connectivity index is 1.77. The summed E-state index contributed by atoms with van der Waals surface area (Å²) in [4.78, 5) is 4.07. The fraction of sp³-hybridized carbons (Fsp3) is 0.167. The topological polar surface area (TPSA) is 92.3 Å². The van der Waals surface area contributed by atoms with Gasteiger partial charge < -0.3 is 5.73 Å². The molecule has 0 saturated heterocycles. The van der Waals surface area contributed by atoms with Crippen LogP contribution < -0.4 is 5.73 Å². The maximum atomic E-state index is 5.07. The van der Waals surface area contributed by atoms with Crippen LogP contribution in [0.4, 0.5) is 0 Å². The third kappa shape index (κ3) is 5.06. The first-order chi connectivity index (χ1) is 9.88. The molecule has 0 amide bonds. The number of hydrogen-bond acceptors (Lipinski definition) is 6. The molecule has 0 unspecified atom stereocenters. The number of H-pyrrole nitrogens is 1. The fourth-order valence-electron chi connectivity index (χ4n) is 1.38. The molecule has 104 valence electrons. The predicted molar refractivity (Wildman–Crippen MR) is 84.9 cm³/mol. The van der Waals surface area contributed by atoms with Crippen molar-refractivity contribution in [3.8, 4) is 0 Å². The van der Waals surface area contributed by atoms with Crippen molar-refractivity contribution in [2.45, 2.75) is 16.7 Å². The van der Waals surface area contributed by atoms with Gasteiger partial charge in [0.1, 0.15) is 12.7 Å². The molecule has 0 aliphatic heterocycles. The lowest BCUT2D eigenvalue weighted by atomic mass is 10.2. The monoisotopic (exact) mass is 306 g/mol. The molecule has 1 aromatic carbocycles. The van der Waals surface area contributed by atoms with Gasteiger partial charge in [-0.2, -0.15) is 10.2 Å². The molecular formula is C12H14N6S2. The second-order valence-corrected chi connectivity index (χ2v) is 5.49. The van der Waals surface area contributed by atoms with Crippen molar-refractivity contribution in [3.05, 3.63) is 41.7 Å². The van der Waals surface area contributed by atoms with Crippen molar-refractivity contribution >= 4 is 35.4 Å². The first-order valence-corrected chi connectivity index (χ1v) is 7.84. The highest BCUT2D eigenvalue weighted by atomic mass is 32.2. The fourth-order valence-corrected chi connectivity index (χ4v) is 2.70. The summed E-state index contributed by atoms with van der Waals surface area (Å²) >= 11 is 3.20. The largest absolute Gasteiger partial charge is 0.388 e. The van der Waals surface area contributed by atoms with Gasteiger partial charge in [-0.3, -0.25) is 5.10 Å². The summed E-state index contributed by atoms with van der Waals surface area (Å²) in [7, 11) is 0. The third-order valence-electron chi connectivity index (χ3n) is 2.30. The summed E-state index contributed by atoms with van der Waals surface area (Å²) < 4.78 is 0. The van der Waals surface area contributed by atoms with Crippen molar-refractivity contribution in [2.75, 3.05) is 0 Å². The Labute approximate surface area is 125 Å². The minimum Gasteiger partial charge on any atom is -0.388 e. The minimum absolute atomic E-state index is 0.835. The van der Waals surface area contributed by atoms with Gasteiger partial charge in [0.05, 0.1) is 5.55 Å². The second-order valence-electron chi connectivity index (χ2n) is 3.69. The van der Waals surface area contributed by atoms with E-state index in [2.05, 4.69) is 49.6 Å². The number of rotatable bonds is 7. The molecule has 0 aliphatic carbocycles. The quantitative estimate of drug-likeness (QED) is 0.354. The normalized spacial score (nSPS) is 11.6. The number of nitrogens with one attached hydrogen (secondary N) is 1. The summed E-state index contributed by atoms with van der Waals surface area (Å²) in [6, 6.07) is 8.47. The maximum Gasteiger partial charge on any atom is 0.183 e. The van der Waals surface area contributed by atoms with Crippen molar-refractivity contribution in [1.82, 2.24) is 15.2 Å². The molecule has 6 nitrogen and oxygen atoms in total. The van der Waals surface area contributed by atoms with E-state index in [4.69, 9.17) is 5.73 Å². The van der Waals surface area contributed by atoms with Gasteiger partial charge in [-0.1, -0.05) is 36.0 Å². The van der Waals surface area contributed by atoms with Crippen LogP contribution in [0.5, 0.6) is 0 Å². The van der Waals surface area contributed by atoms with E-state index in [1.807, 2.05) is 0 Å². The summed E-state index contributed by atoms with van der Waals surface area (Å²) in [5.41, 5.74) is 9.25. The first-order valence-electron chi connectivity index (χ1n) is 5.81.